The lowest BCUT2D eigenvalue weighted by molar-refractivity contribution is -0.130. The van der Waals surface area contributed by atoms with E-state index in [9.17, 15) is 9.59 Å². The minimum atomic E-state index is -0.559. The van der Waals surface area contributed by atoms with Crippen LogP contribution >= 0.6 is 15.9 Å². The van der Waals surface area contributed by atoms with Crippen LogP contribution in [0.15, 0.2) is 23.1 Å². The van der Waals surface area contributed by atoms with E-state index in [1.54, 1.807) is 51.7 Å². The number of nitrogens with two attached hydrogens (primary N) is 1. The summed E-state index contributed by atoms with van der Waals surface area (Å²) in [6.07, 6.45) is 1.68. The lowest BCUT2D eigenvalue weighted by Gasteiger charge is -2.19. The normalized spacial score (nSPS) is 11.3. The Morgan fingerprint density at radius 3 is 2.57 bits per heavy atom. The third kappa shape index (κ3) is 8.17. The number of aromatic nitrogens is 5. The van der Waals surface area contributed by atoms with Crippen LogP contribution in [0.4, 0.5) is 10.6 Å². The summed E-state index contributed by atoms with van der Waals surface area (Å²) in [7, 11) is 3.32. The molecule has 3 N–H and O–H groups in total. The van der Waals surface area contributed by atoms with Crippen molar-refractivity contribution in [2.45, 2.75) is 39.3 Å². The molecule has 0 spiro atoms. The second kappa shape index (κ2) is 12.0. The van der Waals surface area contributed by atoms with Crippen molar-refractivity contribution in [3.63, 3.8) is 0 Å². The van der Waals surface area contributed by atoms with E-state index in [4.69, 9.17) is 19.9 Å². The van der Waals surface area contributed by atoms with Crippen molar-refractivity contribution in [1.82, 2.24) is 34.7 Å². The maximum Gasteiger partial charge on any atom is 0.407 e. The molecule has 0 bridgehead atoms. The third-order valence-electron chi connectivity index (χ3n) is 4.76. The SMILES string of the molecule is CN(C)C(=O)COc1ccc(Cn2c(Br)nc3c(N)nc(OCCCNC(=O)OC(C)(C)C)nc32)cn1. The van der Waals surface area contributed by atoms with Crippen molar-refractivity contribution < 1.29 is 23.8 Å². The molecule has 0 aliphatic carbocycles. The number of anilines is 1. The van der Waals surface area contributed by atoms with Gasteiger partial charge in [0, 0.05) is 32.9 Å². The second-order valence-electron chi connectivity index (χ2n) is 9.24. The van der Waals surface area contributed by atoms with Gasteiger partial charge in [-0.25, -0.2) is 14.8 Å². The van der Waals surface area contributed by atoms with E-state index in [-0.39, 0.29) is 30.9 Å². The highest BCUT2D eigenvalue weighted by Crippen LogP contribution is 2.25. The first-order valence-corrected chi connectivity index (χ1v) is 12.3. The van der Waals surface area contributed by atoms with Crippen LogP contribution in [0.1, 0.15) is 32.8 Å². The van der Waals surface area contributed by atoms with Gasteiger partial charge in [-0.05, 0) is 48.7 Å². The number of amides is 2. The van der Waals surface area contributed by atoms with E-state index in [2.05, 4.69) is 41.2 Å². The van der Waals surface area contributed by atoms with Crippen LogP contribution in [0, 0.1) is 0 Å². The molecule has 0 fully saturated rings. The number of pyridine rings is 1. The zero-order chi connectivity index (χ0) is 27.2. The number of carbonyl (C=O) groups is 2. The predicted molar refractivity (Wildman–Crippen MR) is 139 cm³/mol. The predicted octanol–water partition coefficient (Wildman–Crippen LogP) is 2.37. The molecule has 0 aromatic carbocycles. The number of rotatable bonds is 10. The largest absolute Gasteiger partial charge is 0.468 e. The van der Waals surface area contributed by atoms with Crippen molar-refractivity contribution in [3.8, 4) is 11.9 Å². The highest BCUT2D eigenvalue weighted by molar-refractivity contribution is 9.10. The van der Waals surface area contributed by atoms with Crippen LogP contribution in [-0.2, 0) is 16.1 Å². The maximum atomic E-state index is 11.7. The summed E-state index contributed by atoms with van der Waals surface area (Å²) >= 11 is 3.45. The molecule has 0 aliphatic rings. The standard InChI is InChI=1S/C23H31BrN8O5/c1-23(2,3)37-22(34)26-9-6-10-35-21-29-18(25)17-19(30-21)32(20(24)28-17)12-14-7-8-15(27-11-14)36-13-16(33)31(4)5/h7-8,11H,6,9-10,12-13H2,1-5H3,(H,26,34)(H2,25,29,30). The van der Waals surface area contributed by atoms with Crippen molar-refractivity contribution in [2.24, 2.45) is 0 Å². The van der Waals surface area contributed by atoms with Crippen molar-refractivity contribution in [2.75, 3.05) is 39.6 Å². The molecule has 0 saturated carbocycles. The topological polar surface area (TPSA) is 160 Å². The minimum absolute atomic E-state index is 0.0902. The van der Waals surface area contributed by atoms with Crippen LogP contribution in [0.2, 0.25) is 0 Å². The fourth-order valence-electron chi connectivity index (χ4n) is 2.96. The number of imidazole rings is 1. The fraction of sp³-hybridized carbons (Fsp3) is 0.478. The molecule has 0 saturated heterocycles. The molecule has 2 amide bonds. The summed E-state index contributed by atoms with van der Waals surface area (Å²) in [5.41, 5.74) is 7.30. The molecule has 3 rings (SSSR count). The molecular formula is C23H31BrN8O5. The summed E-state index contributed by atoms with van der Waals surface area (Å²) in [4.78, 5) is 42.2. The van der Waals surface area contributed by atoms with Crippen molar-refractivity contribution in [3.05, 3.63) is 28.6 Å². The number of hydrogen-bond donors (Lipinski definition) is 2. The molecule has 13 nitrogen and oxygen atoms in total. The Balaban J connectivity index is 1.62. The van der Waals surface area contributed by atoms with Crippen LogP contribution in [0.3, 0.4) is 0 Å². The van der Waals surface area contributed by atoms with Gasteiger partial charge in [-0.3, -0.25) is 9.36 Å². The fourth-order valence-corrected chi connectivity index (χ4v) is 3.43. The van der Waals surface area contributed by atoms with Gasteiger partial charge in [-0.2, -0.15) is 9.97 Å². The van der Waals surface area contributed by atoms with Gasteiger partial charge in [0.1, 0.15) is 5.60 Å². The quantitative estimate of drug-likeness (QED) is 0.270. The number of carbonyl (C=O) groups excluding carboxylic acids is 2. The Bertz CT molecular complexity index is 1240. The van der Waals surface area contributed by atoms with Crippen molar-refractivity contribution >= 4 is 44.9 Å². The van der Waals surface area contributed by atoms with Crippen LogP contribution in [0.5, 0.6) is 11.9 Å². The highest BCUT2D eigenvalue weighted by atomic mass is 79.9. The molecule has 3 aromatic heterocycles. The average Bonchev–Trinajstić information content (AvgIpc) is 3.12. The van der Waals surface area contributed by atoms with Gasteiger partial charge < -0.3 is 30.2 Å². The maximum absolute atomic E-state index is 11.7. The summed E-state index contributed by atoms with van der Waals surface area (Å²) in [6, 6.07) is 3.62. The number of alkyl carbamates (subject to hydrolysis) is 1. The monoisotopic (exact) mass is 578 g/mol. The zero-order valence-corrected chi connectivity index (χ0v) is 23.0. The number of nitrogens with zero attached hydrogens (tertiary/aromatic N) is 6. The minimum Gasteiger partial charge on any atom is -0.468 e. The molecule has 0 aliphatic heterocycles. The Morgan fingerprint density at radius 1 is 1.16 bits per heavy atom. The highest BCUT2D eigenvalue weighted by Gasteiger charge is 2.18. The van der Waals surface area contributed by atoms with E-state index in [0.29, 0.717) is 41.3 Å². The summed E-state index contributed by atoms with van der Waals surface area (Å²) < 4.78 is 18.6. The second-order valence-corrected chi connectivity index (χ2v) is 9.95. The average molecular weight is 579 g/mol. The molecule has 3 heterocycles. The van der Waals surface area contributed by atoms with E-state index in [1.807, 2.05) is 6.07 Å². The van der Waals surface area contributed by atoms with Gasteiger partial charge in [0.15, 0.2) is 28.3 Å². The number of likely N-dealkylation sites (N-methyl/N-ethyl adjacent to an activating group) is 1. The summed E-state index contributed by atoms with van der Waals surface area (Å²) in [6.45, 7) is 6.32. The van der Waals surface area contributed by atoms with Gasteiger partial charge >= 0.3 is 12.1 Å². The molecule has 37 heavy (non-hydrogen) atoms. The number of fused-ring (bicyclic) bond motifs is 1. The molecule has 14 heteroatoms. The van der Waals surface area contributed by atoms with E-state index in [1.165, 1.54) is 4.90 Å². The van der Waals surface area contributed by atoms with Gasteiger partial charge in [0.2, 0.25) is 5.88 Å². The van der Waals surface area contributed by atoms with E-state index >= 15 is 0 Å². The first kappa shape index (κ1) is 27.9. The molecular weight excluding hydrogens is 548 g/mol. The molecule has 3 aromatic rings. The Kier molecular flexibility index (Phi) is 9.08. The number of nitrogens with one attached hydrogen (secondary N) is 1. The van der Waals surface area contributed by atoms with E-state index in [0.717, 1.165) is 5.56 Å². The van der Waals surface area contributed by atoms with Gasteiger partial charge in [-0.15, -0.1) is 0 Å². The number of nitrogen functional groups attached to an aromatic ring is 1. The van der Waals surface area contributed by atoms with E-state index < -0.39 is 11.7 Å². The van der Waals surface area contributed by atoms with Gasteiger partial charge in [-0.1, -0.05) is 6.07 Å². The van der Waals surface area contributed by atoms with Gasteiger partial charge in [0.25, 0.3) is 5.91 Å². The summed E-state index contributed by atoms with van der Waals surface area (Å²) in [5.74, 6) is 0.366. The smallest absolute Gasteiger partial charge is 0.407 e. The molecule has 0 atom stereocenters. The zero-order valence-electron chi connectivity index (χ0n) is 21.4. The van der Waals surface area contributed by atoms with Crippen molar-refractivity contribution in [1.29, 1.82) is 0 Å². The molecule has 0 radical (unpaired) electrons. The first-order chi connectivity index (χ1) is 17.4. The summed E-state index contributed by atoms with van der Waals surface area (Å²) in [5, 5.41) is 2.67. The van der Waals surface area contributed by atoms with Crippen LogP contribution in [-0.4, -0.2) is 80.9 Å². The number of ether oxygens (including phenoxy) is 3. The number of hydrogen-bond acceptors (Lipinski definition) is 10. The third-order valence-corrected chi connectivity index (χ3v) is 5.36. The molecule has 200 valence electrons. The van der Waals surface area contributed by atoms with Crippen LogP contribution in [0.25, 0.3) is 11.2 Å². The molecule has 0 unspecified atom stereocenters. The Hall–Kier alpha value is -3.68. The van der Waals surface area contributed by atoms with Gasteiger partial charge in [0.05, 0.1) is 13.2 Å². The Labute approximate surface area is 222 Å². The lowest BCUT2D eigenvalue weighted by atomic mass is 10.2. The van der Waals surface area contributed by atoms with Crippen LogP contribution < -0.4 is 20.5 Å². The lowest BCUT2D eigenvalue weighted by Crippen LogP contribution is -2.33. The first-order valence-electron chi connectivity index (χ1n) is 11.5. The Morgan fingerprint density at radius 2 is 1.92 bits per heavy atom. The number of halogens is 1.